The first-order valence-electron chi connectivity index (χ1n) is 7.11. The quantitative estimate of drug-likeness (QED) is 0.736. The molecular formula is C16H20N2O4. The maximum atomic E-state index is 12.5. The molecule has 0 fully saturated rings. The van der Waals surface area contributed by atoms with Crippen LogP contribution in [0.5, 0.6) is 0 Å². The van der Waals surface area contributed by atoms with Crippen LogP contribution in [-0.4, -0.2) is 35.6 Å². The van der Waals surface area contributed by atoms with Gasteiger partial charge in [0.15, 0.2) is 0 Å². The van der Waals surface area contributed by atoms with Crippen molar-refractivity contribution in [2.45, 2.75) is 39.2 Å². The number of hydrogen-bond acceptors (Lipinski definition) is 4. The number of nitrogens with zero attached hydrogens (tertiary/aromatic N) is 1. The summed E-state index contributed by atoms with van der Waals surface area (Å²) in [4.78, 5) is 46.5. The smallest absolute Gasteiger partial charge is 0.260 e. The standard InChI is InChI=1S/C16H20N2O4/c1-3-13(8-9-15(21)17-10-19)18(11-20)16(22)14-7-5-4-6-12(14)2/h4-7,10-11,13H,3,8-9H2,1-2H3,(H,17,19,21). The highest BCUT2D eigenvalue weighted by atomic mass is 16.2. The molecule has 0 aromatic heterocycles. The van der Waals surface area contributed by atoms with Gasteiger partial charge in [0.05, 0.1) is 0 Å². The largest absolute Gasteiger partial charge is 0.299 e. The fraction of sp³-hybridized carbons (Fsp3) is 0.375. The van der Waals surface area contributed by atoms with E-state index < -0.39 is 5.91 Å². The Kier molecular flexibility index (Phi) is 6.95. The predicted octanol–water partition coefficient (Wildman–Crippen LogP) is 1.43. The number of benzene rings is 1. The molecule has 1 atom stereocenters. The predicted molar refractivity (Wildman–Crippen MR) is 80.9 cm³/mol. The van der Waals surface area contributed by atoms with E-state index in [0.29, 0.717) is 31.2 Å². The summed E-state index contributed by atoms with van der Waals surface area (Å²) in [5.41, 5.74) is 1.25. The molecule has 0 spiro atoms. The summed E-state index contributed by atoms with van der Waals surface area (Å²) in [6.07, 6.45) is 1.74. The van der Waals surface area contributed by atoms with Crippen LogP contribution in [0, 0.1) is 6.92 Å². The number of nitrogens with one attached hydrogen (secondary N) is 1. The first-order chi connectivity index (χ1) is 10.5. The Labute approximate surface area is 129 Å². The van der Waals surface area contributed by atoms with E-state index in [4.69, 9.17) is 0 Å². The molecule has 118 valence electrons. The van der Waals surface area contributed by atoms with Crippen LogP contribution in [0.25, 0.3) is 0 Å². The van der Waals surface area contributed by atoms with E-state index in [1.165, 1.54) is 0 Å². The van der Waals surface area contributed by atoms with Crippen molar-refractivity contribution in [1.29, 1.82) is 0 Å². The number of hydrogen-bond donors (Lipinski definition) is 1. The molecule has 1 aromatic carbocycles. The van der Waals surface area contributed by atoms with Gasteiger partial charge in [0.1, 0.15) is 0 Å². The summed E-state index contributed by atoms with van der Waals surface area (Å²) in [6, 6.07) is 6.64. The molecular weight excluding hydrogens is 284 g/mol. The van der Waals surface area contributed by atoms with Gasteiger partial charge in [0.25, 0.3) is 5.91 Å². The molecule has 1 unspecified atom stereocenters. The number of imide groups is 2. The van der Waals surface area contributed by atoms with E-state index in [9.17, 15) is 19.2 Å². The molecule has 4 amide bonds. The summed E-state index contributed by atoms with van der Waals surface area (Å²) in [5.74, 6) is -0.807. The van der Waals surface area contributed by atoms with E-state index in [1.807, 2.05) is 18.3 Å². The summed E-state index contributed by atoms with van der Waals surface area (Å²) < 4.78 is 0. The zero-order valence-corrected chi connectivity index (χ0v) is 12.7. The Bertz CT molecular complexity index is 557. The zero-order chi connectivity index (χ0) is 16.5. The van der Waals surface area contributed by atoms with Crippen LogP contribution >= 0.6 is 0 Å². The minimum atomic E-state index is -0.428. The van der Waals surface area contributed by atoms with Crippen molar-refractivity contribution in [3.05, 3.63) is 35.4 Å². The molecule has 6 nitrogen and oxygen atoms in total. The highest BCUT2D eigenvalue weighted by molar-refractivity contribution is 6.01. The average Bonchev–Trinajstić information content (AvgIpc) is 2.51. The Balaban J connectivity index is 2.85. The first kappa shape index (κ1) is 17.6. The molecule has 0 radical (unpaired) electrons. The molecule has 22 heavy (non-hydrogen) atoms. The SMILES string of the molecule is CCC(CCC(=O)NC=O)N(C=O)C(=O)c1ccccc1C. The van der Waals surface area contributed by atoms with Gasteiger partial charge in [-0.15, -0.1) is 0 Å². The Morgan fingerprint density at radius 1 is 1.27 bits per heavy atom. The monoisotopic (exact) mass is 304 g/mol. The maximum Gasteiger partial charge on any atom is 0.260 e. The number of amides is 4. The first-order valence-corrected chi connectivity index (χ1v) is 7.11. The van der Waals surface area contributed by atoms with Gasteiger partial charge in [-0.3, -0.25) is 29.4 Å². The van der Waals surface area contributed by atoms with Crippen molar-refractivity contribution in [2.24, 2.45) is 0 Å². The van der Waals surface area contributed by atoms with Crippen LogP contribution in [-0.2, 0) is 14.4 Å². The molecule has 0 bridgehead atoms. The van der Waals surface area contributed by atoms with Gasteiger partial charge in [-0.05, 0) is 31.4 Å². The topological polar surface area (TPSA) is 83.6 Å². The molecule has 1 aromatic rings. The second-order valence-corrected chi connectivity index (χ2v) is 4.92. The summed E-state index contributed by atoms with van der Waals surface area (Å²) >= 11 is 0. The third kappa shape index (κ3) is 4.51. The van der Waals surface area contributed by atoms with Crippen LogP contribution in [0.15, 0.2) is 24.3 Å². The number of carbonyl (C=O) groups excluding carboxylic acids is 4. The molecule has 0 aliphatic heterocycles. The van der Waals surface area contributed by atoms with E-state index in [1.54, 1.807) is 25.1 Å². The number of rotatable bonds is 8. The van der Waals surface area contributed by atoms with Gasteiger partial charge in [-0.1, -0.05) is 25.1 Å². The second kappa shape index (κ2) is 8.71. The second-order valence-electron chi connectivity index (χ2n) is 4.92. The fourth-order valence-corrected chi connectivity index (χ4v) is 2.23. The molecule has 0 aliphatic rings. The van der Waals surface area contributed by atoms with Gasteiger partial charge in [0.2, 0.25) is 18.7 Å². The fourth-order valence-electron chi connectivity index (χ4n) is 2.23. The third-order valence-corrected chi connectivity index (χ3v) is 3.51. The van der Waals surface area contributed by atoms with Crippen molar-refractivity contribution >= 4 is 24.6 Å². The van der Waals surface area contributed by atoms with Crippen LogP contribution in [0.1, 0.15) is 42.1 Å². The minimum absolute atomic E-state index is 0.0721. The third-order valence-electron chi connectivity index (χ3n) is 3.51. The van der Waals surface area contributed by atoms with Crippen LogP contribution in [0.2, 0.25) is 0 Å². The highest BCUT2D eigenvalue weighted by Crippen LogP contribution is 2.16. The van der Waals surface area contributed by atoms with E-state index in [2.05, 4.69) is 0 Å². The number of aryl methyl sites for hydroxylation is 1. The van der Waals surface area contributed by atoms with Gasteiger partial charge in [-0.2, -0.15) is 0 Å². The van der Waals surface area contributed by atoms with Crippen LogP contribution in [0.4, 0.5) is 0 Å². The van der Waals surface area contributed by atoms with Crippen molar-refractivity contribution in [3.8, 4) is 0 Å². The van der Waals surface area contributed by atoms with Gasteiger partial charge in [0, 0.05) is 18.0 Å². The summed E-state index contributed by atoms with van der Waals surface area (Å²) in [7, 11) is 0. The lowest BCUT2D eigenvalue weighted by Crippen LogP contribution is -2.40. The normalized spacial score (nSPS) is 11.4. The van der Waals surface area contributed by atoms with Gasteiger partial charge in [-0.25, -0.2) is 0 Å². The molecule has 1 N–H and O–H groups in total. The zero-order valence-electron chi connectivity index (χ0n) is 12.7. The molecule has 1 rings (SSSR count). The lowest BCUT2D eigenvalue weighted by Gasteiger charge is -2.26. The van der Waals surface area contributed by atoms with Crippen molar-refractivity contribution in [3.63, 3.8) is 0 Å². The molecule has 0 saturated carbocycles. The average molecular weight is 304 g/mol. The van der Waals surface area contributed by atoms with E-state index >= 15 is 0 Å². The number of carbonyl (C=O) groups is 4. The highest BCUT2D eigenvalue weighted by Gasteiger charge is 2.24. The van der Waals surface area contributed by atoms with Crippen molar-refractivity contribution < 1.29 is 19.2 Å². The van der Waals surface area contributed by atoms with Crippen LogP contribution < -0.4 is 5.32 Å². The van der Waals surface area contributed by atoms with E-state index in [0.717, 1.165) is 10.5 Å². The van der Waals surface area contributed by atoms with Crippen molar-refractivity contribution in [1.82, 2.24) is 10.2 Å². The van der Waals surface area contributed by atoms with Gasteiger partial charge < -0.3 is 0 Å². The summed E-state index contributed by atoms with van der Waals surface area (Å²) in [6.45, 7) is 3.64. The Morgan fingerprint density at radius 3 is 2.50 bits per heavy atom. The summed E-state index contributed by atoms with van der Waals surface area (Å²) in [5, 5.41) is 2.04. The van der Waals surface area contributed by atoms with Crippen molar-refractivity contribution in [2.75, 3.05) is 0 Å². The molecule has 0 aliphatic carbocycles. The van der Waals surface area contributed by atoms with Gasteiger partial charge >= 0.3 is 0 Å². The lowest BCUT2D eigenvalue weighted by molar-refractivity contribution is -0.126. The minimum Gasteiger partial charge on any atom is -0.299 e. The Hall–Kier alpha value is -2.50. The molecule has 6 heteroatoms. The molecule has 0 heterocycles. The lowest BCUT2D eigenvalue weighted by atomic mass is 10.0. The maximum absolute atomic E-state index is 12.5. The van der Waals surface area contributed by atoms with Crippen LogP contribution in [0.3, 0.4) is 0 Å². The molecule has 0 saturated heterocycles. The Morgan fingerprint density at radius 2 is 1.95 bits per heavy atom. The van der Waals surface area contributed by atoms with E-state index in [-0.39, 0.29) is 18.4 Å².